The molecule has 0 atom stereocenters. The SMILES string of the molecule is Cl.Cl.c1ccc(-c2cnc(CC3CCNCC3)nc2)cc1. The lowest BCUT2D eigenvalue weighted by atomic mass is 9.94. The van der Waals surface area contributed by atoms with Crippen molar-refractivity contribution in [3.05, 3.63) is 48.5 Å². The lowest BCUT2D eigenvalue weighted by Gasteiger charge is -2.21. The molecule has 0 radical (unpaired) electrons. The molecule has 0 unspecified atom stereocenters. The van der Waals surface area contributed by atoms with Gasteiger partial charge in [0.15, 0.2) is 0 Å². The summed E-state index contributed by atoms with van der Waals surface area (Å²) in [5.41, 5.74) is 2.27. The molecule has 0 spiro atoms. The molecular formula is C16H21Cl2N3. The molecule has 0 aliphatic carbocycles. The molecule has 1 aromatic carbocycles. The molecule has 1 N–H and O–H groups in total. The normalized spacial score (nSPS) is 14.9. The van der Waals surface area contributed by atoms with Crippen LogP contribution in [0.2, 0.25) is 0 Å². The number of nitrogens with one attached hydrogen (secondary N) is 1. The lowest BCUT2D eigenvalue weighted by Crippen LogP contribution is -2.29. The molecule has 1 aliphatic rings. The van der Waals surface area contributed by atoms with Crippen molar-refractivity contribution in [2.75, 3.05) is 13.1 Å². The van der Waals surface area contributed by atoms with Gasteiger partial charge in [0.2, 0.25) is 0 Å². The number of halogens is 2. The van der Waals surface area contributed by atoms with Crippen LogP contribution in [0, 0.1) is 5.92 Å². The average Bonchev–Trinajstić information content (AvgIpc) is 2.50. The van der Waals surface area contributed by atoms with Gasteiger partial charge in [0.25, 0.3) is 0 Å². The summed E-state index contributed by atoms with van der Waals surface area (Å²) in [4.78, 5) is 9.04. The molecule has 1 fully saturated rings. The Labute approximate surface area is 138 Å². The number of piperidine rings is 1. The van der Waals surface area contributed by atoms with E-state index in [-0.39, 0.29) is 24.8 Å². The first-order valence-corrected chi connectivity index (χ1v) is 6.99. The van der Waals surface area contributed by atoms with E-state index in [0.29, 0.717) is 0 Å². The Balaban J connectivity index is 0.00000110. The van der Waals surface area contributed by atoms with Crippen LogP contribution in [0.25, 0.3) is 11.1 Å². The molecule has 0 saturated carbocycles. The van der Waals surface area contributed by atoms with Crippen LogP contribution in [0.15, 0.2) is 42.7 Å². The fourth-order valence-corrected chi connectivity index (χ4v) is 2.58. The van der Waals surface area contributed by atoms with E-state index < -0.39 is 0 Å². The Bertz CT molecular complexity index is 511. The first-order valence-electron chi connectivity index (χ1n) is 6.99. The first-order chi connectivity index (χ1) is 9.42. The first kappa shape index (κ1) is 17.9. The second-order valence-electron chi connectivity index (χ2n) is 5.15. The third-order valence-electron chi connectivity index (χ3n) is 3.74. The summed E-state index contributed by atoms with van der Waals surface area (Å²) in [5, 5.41) is 3.39. The van der Waals surface area contributed by atoms with Crippen LogP contribution in [-0.4, -0.2) is 23.1 Å². The van der Waals surface area contributed by atoms with Gasteiger partial charge in [-0.25, -0.2) is 9.97 Å². The van der Waals surface area contributed by atoms with Gasteiger partial charge in [-0.2, -0.15) is 0 Å². The summed E-state index contributed by atoms with van der Waals surface area (Å²) in [7, 11) is 0. The maximum atomic E-state index is 4.52. The molecule has 3 rings (SSSR count). The van der Waals surface area contributed by atoms with Crippen LogP contribution in [0.1, 0.15) is 18.7 Å². The summed E-state index contributed by atoms with van der Waals surface area (Å²) < 4.78 is 0. The smallest absolute Gasteiger partial charge is 0.128 e. The van der Waals surface area contributed by atoms with E-state index >= 15 is 0 Å². The molecule has 0 amide bonds. The fraction of sp³-hybridized carbons (Fsp3) is 0.375. The number of benzene rings is 1. The van der Waals surface area contributed by atoms with Gasteiger partial charge in [-0.1, -0.05) is 30.3 Å². The molecule has 1 saturated heterocycles. The van der Waals surface area contributed by atoms with E-state index in [1.165, 1.54) is 18.4 Å². The third-order valence-corrected chi connectivity index (χ3v) is 3.74. The minimum atomic E-state index is 0. The van der Waals surface area contributed by atoms with Gasteiger partial charge in [-0.15, -0.1) is 24.8 Å². The van der Waals surface area contributed by atoms with E-state index in [9.17, 15) is 0 Å². The Kier molecular flexibility index (Phi) is 7.65. The molecule has 1 aromatic heterocycles. The van der Waals surface area contributed by atoms with E-state index in [2.05, 4.69) is 27.4 Å². The van der Waals surface area contributed by atoms with Gasteiger partial charge >= 0.3 is 0 Å². The monoisotopic (exact) mass is 325 g/mol. The Morgan fingerprint density at radius 3 is 2.14 bits per heavy atom. The number of hydrogen-bond acceptors (Lipinski definition) is 3. The maximum Gasteiger partial charge on any atom is 0.128 e. The molecule has 3 nitrogen and oxygen atoms in total. The van der Waals surface area contributed by atoms with Crippen molar-refractivity contribution in [1.82, 2.24) is 15.3 Å². The van der Waals surface area contributed by atoms with Crippen molar-refractivity contribution in [2.45, 2.75) is 19.3 Å². The highest BCUT2D eigenvalue weighted by Gasteiger charge is 2.14. The van der Waals surface area contributed by atoms with Crippen molar-refractivity contribution in [3.63, 3.8) is 0 Å². The van der Waals surface area contributed by atoms with Gasteiger partial charge in [-0.3, -0.25) is 0 Å². The fourth-order valence-electron chi connectivity index (χ4n) is 2.58. The minimum absolute atomic E-state index is 0. The molecule has 2 heterocycles. The number of nitrogens with zero attached hydrogens (tertiary/aromatic N) is 2. The molecule has 1 aliphatic heterocycles. The molecule has 5 heteroatoms. The van der Waals surface area contributed by atoms with Crippen LogP contribution >= 0.6 is 24.8 Å². The summed E-state index contributed by atoms with van der Waals surface area (Å²) in [6.45, 7) is 2.26. The zero-order chi connectivity index (χ0) is 12.9. The largest absolute Gasteiger partial charge is 0.317 e. The third kappa shape index (κ3) is 4.95. The Hall–Kier alpha value is -1.16. The molecule has 114 valence electrons. The Morgan fingerprint density at radius 2 is 1.52 bits per heavy atom. The number of aromatic nitrogens is 2. The average molecular weight is 326 g/mol. The van der Waals surface area contributed by atoms with Crippen LogP contribution in [0.5, 0.6) is 0 Å². The summed E-state index contributed by atoms with van der Waals surface area (Å²) in [6, 6.07) is 10.3. The van der Waals surface area contributed by atoms with Crippen molar-refractivity contribution >= 4 is 24.8 Å². The van der Waals surface area contributed by atoms with E-state index in [1.807, 2.05) is 30.6 Å². The van der Waals surface area contributed by atoms with Gasteiger partial charge in [0, 0.05) is 24.4 Å². The maximum absolute atomic E-state index is 4.52. The molecular weight excluding hydrogens is 305 g/mol. The highest BCUT2D eigenvalue weighted by Crippen LogP contribution is 2.19. The topological polar surface area (TPSA) is 37.8 Å². The van der Waals surface area contributed by atoms with Gasteiger partial charge < -0.3 is 5.32 Å². The number of rotatable bonds is 3. The van der Waals surface area contributed by atoms with E-state index in [1.54, 1.807) is 0 Å². The summed E-state index contributed by atoms with van der Waals surface area (Å²) >= 11 is 0. The van der Waals surface area contributed by atoms with Crippen molar-refractivity contribution in [1.29, 1.82) is 0 Å². The highest BCUT2D eigenvalue weighted by atomic mass is 35.5. The second-order valence-corrected chi connectivity index (χ2v) is 5.15. The van der Waals surface area contributed by atoms with Crippen LogP contribution < -0.4 is 5.32 Å². The predicted molar refractivity (Wildman–Crippen MR) is 91.3 cm³/mol. The standard InChI is InChI=1S/C16H19N3.2ClH/c1-2-4-14(5-3-1)15-11-18-16(19-12-15)10-13-6-8-17-9-7-13;;/h1-5,11-13,17H,6-10H2;2*1H. The van der Waals surface area contributed by atoms with Crippen LogP contribution in [0.4, 0.5) is 0 Å². The molecule has 0 bridgehead atoms. The summed E-state index contributed by atoms with van der Waals surface area (Å²) in [6.07, 6.45) is 7.38. The van der Waals surface area contributed by atoms with Gasteiger partial charge in [0.1, 0.15) is 5.82 Å². The quantitative estimate of drug-likeness (QED) is 0.938. The zero-order valence-electron chi connectivity index (χ0n) is 11.9. The van der Waals surface area contributed by atoms with Crippen LogP contribution in [-0.2, 0) is 6.42 Å². The van der Waals surface area contributed by atoms with E-state index in [0.717, 1.165) is 36.8 Å². The minimum Gasteiger partial charge on any atom is -0.317 e. The molecule has 21 heavy (non-hydrogen) atoms. The van der Waals surface area contributed by atoms with Crippen molar-refractivity contribution < 1.29 is 0 Å². The van der Waals surface area contributed by atoms with E-state index in [4.69, 9.17) is 0 Å². The van der Waals surface area contributed by atoms with Crippen LogP contribution in [0.3, 0.4) is 0 Å². The zero-order valence-corrected chi connectivity index (χ0v) is 13.5. The highest BCUT2D eigenvalue weighted by molar-refractivity contribution is 5.85. The number of hydrogen-bond donors (Lipinski definition) is 1. The lowest BCUT2D eigenvalue weighted by molar-refractivity contribution is 0.367. The molecule has 2 aromatic rings. The second kappa shape index (κ2) is 8.98. The van der Waals surface area contributed by atoms with Crippen molar-refractivity contribution in [2.24, 2.45) is 5.92 Å². The predicted octanol–water partition coefficient (Wildman–Crippen LogP) is 3.53. The van der Waals surface area contributed by atoms with Gasteiger partial charge in [0.05, 0.1) is 0 Å². The summed E-state index contributed by atoms with van der Waals surface area (Å²) in [5.74, 6) is 1.72. The Morgan fingerprint density at radius 1 is 0.905 bits per heavy atom. The van der Waals surface area contributed by atoms with Gasteiger partial charge in [-0.05, 0) is 37.4 Å². The van der Waals surface area contributed by atoms with Crippen molar-refractivity contribution in [3.8, 4) is 11.1 Å².